The van der Waals surface area contributed by atoms with Gasteiger partial charge in [0, 0.05) is 10.8 Å². The van der Waals surface area contributed by atoms with Crippen LogP contribution in [0.2, 0.25) is 0 Å². The van der Waals surface area contributed by atoms with Crippen LogP contribution >= 0.6 is 0 Å². The Balaban J connectivity index is 1.77. The van der Waals surface area contributed by atoms with Gasteiger partial charge in [-0.1, -0.05) is 154 Å². The highest BCUT2D eigenvalue weighted by Crippen LogP contribution is 2.30. The quantitative estimate of drug-likeness (QED) is 0.0506. The summed E-state index contributed by atoms with van der Waals surface area (Å²) >= 11 is 0. The van der Waals surface area contributed by atoms with E-state index in [0.29, 0.717) is 12.8 Å². The van der Waals surface area contributed by atoms with E-state index in [9.17, 15) is 16.8 Å². The molecule has 0 saturated carbocycles. The summed E-state index contributed by atoms with van der Waals surface area (Å²) in [5, 5.41) is 0.379. The molecule has 0 radical (unpaired) electrons. The second-order valence-electron chi connectivity index (χ2n) is 11.7. The molecule has 0 aliphatic heterocycles. The second kappa shape index (κ2) is 22.9. The van der Waals surface area contributed by atoms with Crippen LogP contribution in [0.4, 0.5) is 0 Å². The highest BCUT2D eigenvalue weighted by Gasteiger charge is 2.25. The molecule has 0 amide bonds. The summed E-state index contributed by atoms with van der Waals surface area (Å²) in [5.74, 6) is 0. The maximum Gasteiger partial charge on any atom is 0.323 e. The van der Waals surface area contributed by atoms with Crippen molar-refractivity contribution in [3.05, 3.63) is 36.4 Å². The van der Waals surface area contributed by atoms with Gasteiger partial charge in [-0.3, -0.25) is 0 Å². The Hall–Kier alpha value is -1.56. The van der Waals surface area contributed by atoms with Crippen molar-refractivity contribution in [2.24, 2.45) is 0 Å². The Morgan fingerprint density at radius 3 is 1.05 bits per heavy atom. The van der Waals surface area contributed by atoms with Crippen molar-refractivity contribution in [1.82, 2.24) is 0 Å². The number of rotatable bonds is 28. The summed E-state index contributed by atoms with van der Waals surface area (Å²) in [6, 6.07) is 8.70. The molecule has 0 aliphatic rings. The minimum atomic E-state index is -4.29. The van der Waals surface area contributed by atoms with E-state index in [1.807, 2.05) is 0 Å². The average Bonchev–Trinajstić information content (AvgIpc) is 3.01. The zero-order valence-electron chi connectivity index (χ0n) is 27.1. The molecule has 2 aromatic rings. The van der Waals surface area contributed by atoms with Gasteiger partial charge in [-0.15, -0.1) is 8.67 Å². The molecule has 0 bridgehead atoms. The summed E-state index contributed by atoms with van der Waals surface area (Å²) in [6.07, 6.45) is 23.1. The Morgan fingerprint density at radius 1 is 0.432 bits per heavy atom. The van der Waals surface area contributed by atoms with E-state index in [1.165, 1.54) is 126 Å². The minimum absolute atomic E-state index is 0.157. The van der Waals surface area contributed by atoms with Crippen molar-refractivity contribution >= 4 is 31.0 Å². The third-order valence-electron chi connectivity index (χ3n) is 7.82. The lowest BCUT2D eigenvalue weighted by Gasteiger charge is -2.11. The van der Waals surface area contributed by atoms with E-state index in [4.69, 9.17) is 18.4 Å². The topological polar surface area (TPSA) is 105 Å². The Labute approximate surface area is 267 Å². The molecule has 0 aromatic heterocycles. The first kappa shape index (κ1) is 38.6. The number of hydrogen-bond acceptors (Lipinski definition) is 8. The van der Waals surface area contributed by atoms with Crippen molar-refractivity contribution in [3.8, 4) is 0 Å². The van der Waals surface area contributed by atoms with Crippen LogP contribution in [0.15, 0.2) is 46.2 Å². The van der Waals surface area contributed by atoms with Gasteiger partial charge in [0.15, 0.2) is 0 Å². The maximum absolute atomic E-state index is 12.9. The van der Waals surface area contributed by atoms with Gasteiger partial charge < -0.3 is 0 Å². The van der Waals surface area contributed by atoms with E-state index < -0.39 is 20.2 Å². The molecular weight excluding hydrogens is 601 g/mol. The molecule has 0 heterocycles. The van der Waals surface area contributed by atoms with E-state index in [-0.39, 0.29) is 33.8 Å². The van der Waals surface area contributed by atoms with Crippen LogP contribution in [0, 0.1) is 0 Å². The molecule has 252 valence electrons. The zero-order valence-corrected chi connectivity index (χ0v) is 28.7. The predicted octanol–water partition coefficient (Wildman–Crippen LogP) is 9.96. The highest BCUT2D eigenvalue weighted by atomic mass is 32.2. The number of hydrogen-bond donors (Lipinski definition) is 0. The smallest absolute Gasteiger partial charge is 0.220 e. The second-order valence-corrected chi connectivity index (χ2v) is 14.6. The van der Waals surface area contributed by atoms with Crippen molar-refractivity contribution in [2.45, 2.75) is 152 Å². The molecule has 0 N–H and O–H groups in total. The lowest BCUT2D eigenvalue weighted by molar-refractivity contribution is -0.202. The van der Waals surface area contributed by atoms with E-state index in [2.05, 4.69) is 13.8 Å². The van der Waals surface area contributed by atoms with E-state index in [0.717, 1.165) is 25.7 Å². The van der Waals surface area contributed by atoms with Crippen LogP contribution < -0.4 is 0 Å². The van der Waals surface area contributed by atoms with Crippen LogP contribution in [-0.2, 0) is 38.7 Å². The zero-order chi connectivity index (χ0) is 31.9. The van der Waals surface area contributed by atoms with Crippen LogP contribution in [0.3, 0.4) is 0 Å². The lowest BCUT2D eigenvalue weighted by Crippen LogP contribution is -2.11. The lowest BCUT2D eigenvalue weighted by atomic mass is 10.1. The minimum Gasteiger partial charge on any atom is -0.220 e. The molecule has 0 spiro atoms. The number of benzene rings is 2. The SMILES string of the molecule is CCCCCCCCCCCCOOS(=O)(=O)c1cccc2c(S(=O)(=O)OOCCCCCCCCCCCC)cccc12. The van der Waals surface area contributed by atoms with Crippen LogP contribution in [0.25, 0.3) is 10.8 Å². The van der Waals surface area contributed by atoms with Gasteiger partial charge in [-0.2, -0.15) is 16.8 Å². The third kappa shape index (κ3) is 15.1. The summed E-state index contributed by atoms with van der Waals surface area (Å²) in [5.41, 5.74) is 0. The molecule has 10 heteroatoms. The van der Waals surface area contributed by atoms with Gasteiger partial charge in [-0.25, -0.2) is 9.78 Å². The first-order chi connectivity index (χ1) is 21.3. The Kier molecular flexibility index (Phi) is 20.1. The molecule has 2 rings (SSSR count). The van der Waals surface area contributed by atoms with Gasteiger partial charge >= 0.3 is 20.2 Å². The van der Waals surface area contributed by atoms with Gasteiger partial charge in [0.25, 0.3) is 0 Å². The van der Waals surface area contributed by atoms with Crippen LogP contribution in [-0.4, -0.2) is 30.0 Å². The summed E-state index contributed by atoms with van der Waals surface area (Å²) in [6.45, 7) is 4.75. The number of fused-ring (bicyclic) bond motifs is 1. The maximum atomic E-state index is 12.9. The molecule has 0 aliphatic carbocycles. The van der Waals surface area contributed by atoms with Crippen molar-refractivity contribution in [1.29, 1.82) is 0 Å². The Bertz CT molecular complexity index is 1150. The van der Waals surface area contributed by atoms with E-state index in [1.54, 1.807) is 0 Å². The molecule has 0 fully saturated rings. The fraction of sp³-hybridized carbons (Fsp3) is 0.706. The van der Waals surface area contributed by atoms with Gasteiger partial charge in [0.1, 0.15) is 9.79 Å². The fourth-order valence-electron chi connectivity index (χ4n) is 5.25. The predicted molar refractivity (Wildman–Crippen MR) is 176 cm³/mol. The third-order valence-corrected chi connectivity index (χ3v) is 10.2. The van der Waals surface area contributed by atoms with E-state index >= 15 is 0 Å². The van der Waals surface area contributed by atoms with Gasteiger partial charge in [0.05, 0.1) is 13.2 Å². The van der Waals surface area contributed by atoms with Crippen molar-refractivity contribution in [2.75, 3.05) is 13.2 Å². The first-order valence-electron chi connectivity index (χ1n) is 17.0. The Morgan fingerprint density at radius 2 is 0.727 bits per heavy atom. The normalized spacial score (nSPS) is 12.3. The standard InChI is InChI=1S/C34H56O8S2/c1-3-5-7-9-11-13-15-17-19-21-29-39-41-43(35,36)33-27-23-26-32-31(33)25-24-28-34(32)44(37,38)42-40-30-22-20-18-16-14-12-10-8-6-4-2/h23-28H,3-22,29-30H2,1-2H3. The fourth-order valence-corrected chi connectivity index (χ4v) is 7.17. The molecule has 0 unspecified atom stereocenters. The first-order valence-corrected chi connectivity index (χ1v) is 19.8. The molecular formula is C34H56O8S2. The summed E-state index contributed by atoms with van der Waals surface area (Å²) < 4.78 is 61.4. The molecule has 2 aromatic carbocycles. The number of unbranched alkanes of at least 4 members (excludes halogenated alkanes) is 18. The van der Waals surface area contributed by atoms with Gasteiger partial charge in [-0.05, 0) is 25.0 Å². The van der Waals surface area contributed by atoms with Crippen LogP contribution in [0.1, 0.15) is 142 Å². The largest absolute Gasteiger partial charge is 0.323 e. The van der Waals surface area contributed by atoms with Crippen molar-refractivity contribution in [3.63, 3.8) is 0 Å². The highest BCUT2D eigenvalue weighted by molar-refractivity contribution is 7.87. The van der Waals surface area contributed by atoms with Gasteiger partial charge in [0.2, 0.25) is 0 Å². The molecule has 44 heavy (non-hydrogen) atoms. The monoisotopic (exact) mass is 656 g/mol. The van der Waals surface area contributed by atoms with Crippen molar-refractivity contribution < 1.29 is 35.3 Å². The molecule has 0 saturated heterocycles. The molecule has 8 nitrogen and oxygen atoms in total. The summed E-state index contributed by atoms with van der Waals surface area (Å²) in [4.78, 5) is 9.74. The van der Waals surface area contributed by atoms with Crippen LogP contribution in [0.5, 0.6) is 0 Å². The summed E-state index contributed by atoms with van der Waals surface area (Å²) in [7, 11) is -8.58. The molecule has 0 atom stereocenters. The average molecular weight is 657 g/mol.